The first-order chi connectivity index (χ1) is 10.9. The van der Waals surface area contributed by atoms with Gasteiger partial charge in [0.1, 0.15) is 22.2 Å². The molecule has 2 atom stereocenters. The fourth-order valence-corrected chi connectivity index (χ4v) is 5.09. The summed E-state index contributed by atoms with van der Waals surface area (Å²) in [6.45, 7) is 3.89. The number of rotatable bonds is 4. The van der Waals surface area contributed by atoms with Gasteiger partial charge in [0.05, 0.1) is 12.0 Å². The summed E-state index contributed by atoms with van der Waals surface area (Å²) in [5, 5.41) is 13.3. The summed E-state index contributed by atoms with van der Waals surface area (Å²) in [7, 11) is 1.65. The zero-order valence-corrected chi connectivity index (χ0v) is 14.7. The molecule has 1 aliphatic heterocycles. The minimum Gasteiger partial charge on any atom is -0.496 e. The van der Waals surface area contributed by atoms with Crippen molar-refractivity contribution >= 4 is 29.1 Å². The number of nitrogens with zero attached hydrogens (tertiary/aromatic N) is 1. The highest BCUT2D eigenvalue weighted by Crippen LogP contribution is 2.47. The molecule has 1 aliphatic rings. The van der Waals surface area contributed by atoms with Crippen LogP contribution in [-0.4, -0.2) is 34.0 Å². The Hall–Kier alpha value is -1.57. The molecule has 0 radical (unpaired) electrons. The fourth-order valence-electron chi connectivity index (χ4n) is 2.63. The normalized spacial score (nSPS) is 22.9. The summed E-state index contributed by atoms with van der Waals surface area (Å²) in [4.78, 5) is 16.9. The molecule has 0 spiro atoms. The molecule has 3 rings (SSSR count). The molecule has 0 bridgehead atoms. The standard InChI is InChI=1S/C16H18N2O3S2/c1-16(2)12(15(19)20)18-14(23-16)13-17-8-11(22-13)9-6-4-5-7-10(9)21-3/h4-8,12,14,18H,1-3H3,(H,19,20). The molecule has 5 nitrogen and oxygen atoms in total. The highest BCUT2D eigenvalue weighted by molar-refractivity contribution is 8.01. The fraction of sp³-hybridized carbons (Fsp3) is 0.375. The van der Waals surface area contributed by atoms with Crippen LogP contribution >= 0.6 is 23.1 Å². The Morgan fingerprint density at radius 3 is 2.78 bits per heavy atom. The van der Waals surface area contributed by atoms with Crippen LogP contribution in [0.15, 0.2) is 30.5 Å². The van der Waals surface area contributed by atoms with Gasteiger partial charge in [0, 0.05) is 16.5 Å². The first-order valence-electron chi connectivity index (χ1n) is 7.18. The summed E-state index contributed by atoms with van der Waals surface area (Å²) >= 11 is 3.16. The van der Waals surface area contributed by atoms with E-state index in [0.717, 1.165) is 21.2 Å². The molecule has 2 unspecified atom stereocenters. The van der Waals surface area contributed by atoms with Crippen LogP contribution in [0.25, 0.3) is 10.4 Å². The smallest absolute Gasteiger partial charge is 0.322 e. The topological polar surface area (TPSA) is 71.5 Å². The number of hydrogen-bond donors (Lipinski definition) is 2. The van der Waals surface area contributed by atoms with Crippen molar-refractivity contribution in [2.75, 3.05) is 7.11 Å². The van der Waals surface area contributed by atoms with E-state index in [1.165, 1.54) is 0 Å². The van der Waals surface area contributed by atoms with Crippen LogP contribution < -0.4 is 10.1 Å². The number of aromatic nitrogens is 1. The van der Waals surface area contributed by atoms with Crippen LogP contribution in [0.1, 0.15) is 24.2 Å². The molecule has 2 aromatic rings. The molecule has 2 heterocycles. The van der Waals surface area contributed by atoms with Crippen LogP contribution in [-0.2, 0) is 4.79 Å². The predicted octanol–water partition coefficient (Wildman–Crippen LogP) is 3.39. The Labute approximate surface area is 143 Å². The first-order valence-corrected chi connectivity index (χ1v) is 8.88. The number of thioether (sulfide) groups is 1. The van der Waals surface area contributed by atoms with Gasteiger partial charge < -0.3 is 9.84 Å². The van der Waals surface area contributed by atoms with E-state index in [1.807, 2.05) is 44.3 Å². The minimum absolute atomic E-state index is 0.112. The van der Waals surface area contributed by atoms with E-state index in [1.54, 1.807) is 30.2 Å². The van der Waals surface area contributed by atoms with E-state index in [0.29, 0.717) is 0 Å². The number of hydrogen-bond acceptors (Lipinski definition) is 6. The van der Waals surface area contributed by atoms with E-state index < -0.39 is 12.0 Å². The van der Waals surface area contributed by atoms with Gasteiger partial charge in [-0.3, -0.25) is 10.1 Å². The Morgan fingerprint density at radius 2 is 2.13 bits per heavy atom. The van der Waals surface area contributed by atoms with E-state index >= 15 is 0 Å². The quantitative estimate of drug-likeness (QED) is 0.881. The molecule has 2 N–H and O–H groups in total. The van der Waals surface area contributed by atoms with Gasteiger partial charge >= 0.3 is 5.97 Å². The van der Waals surface area contributed by atoms with Crippen LogP contribution in [0, 0.1) is 0 Å². The van der Waals surface area contributed by atoms with Gasteiger partial charge in [-0.05, 0) is 26.0 Å². The molecule has 1 fully saturated rings. The summed E-state index contributed by atoms with van der Waals surface area (Å²) in [5.41, 5.74) is 0.996. The van der Waals surface area contributed by atoms with Gasteiger partial charge in [0.2, 0.25) is 0 Å². The van der Waals surface area contributed by atoms with Crippen LogP contribution in [0.2, 0.25) is 0 Å². The summed E-state index contributed by atoms with van der Waals surface area (Å²) in [5.74, 6) is -0.0232. The van der Waals surface area contributed by atoms with Crippen LogP contribution in [0.4, 0.5) is 0 Å². The average molecular weight is 350 g/mol. The summed E-state index contributed by atoms with van der Waals surface area (Å²) in [6.07, 6.45) is 1.82. The van der Waals surface area contributed by atoms with E-state index in [2.05, 4.69) is 10.3 Å². The van der Waals surface area contributed by atoms with Crippen molar-refractivity contribution in [1.29, 1.82) is 0 Å². The number of para-hydroxylation sites is 1. The monoisotopic (exact) mass is 350 g/mol. The van der Waals surface area contributed by atoms with Crippen molar-refractivity contribution in [2.24, 2.45) is 0 Å². The number of carbonyl (C=O) groups is 1. The molecule has 1 aromatic heterocycles. The zero-order chi connectivity index (χ0) is 16.6. The van der Waals surface area contributed by atoms with Gasteiger partial charge in [-0.1, -0.05) is 12.1 Å². The number of nitrogens with one attached hydrogen (secondary N) is 1. The number of thiazole rings is 1. The van der Waals surface area contributed by atoms with E-state index in [-0.39, 0.29) is 10.1 Å². The number of ether oxygens (including phenoxy) is 1. The van der Waals surface area contributed by atoms with Gasteiger partial charge in [-0.15, -0.1) is 23.1 Å². The lowest BCUT2D eigenvalue weighted by molar-refractivity contribution is -0.139. The maximum absolute atomic E-state index is 11.4. The second-order valence-electron chi connectivity index (χ2n) is 5.80. The zero-order valence-electron chi connectivity index (χ0n) is 13.1. The first kappa shape index (κ1) is 16.3. The lowest BCUT2D eigenvalue weighted by atomic mass is 10.0. The predicted molar refractivity (Wildman–Crippen MR) is 93.1 cm³/mol. The SMILES string of the molecule is COc1ccccc1-c1cnc(C2NC(C(=O)O)C(C)(C)S2)s1. The van der Waals surface area contributed by atoms with Gasteiger partial charge in [-0.2, -0.15) is 0 Å². The van der Waals surface area contributed by atoms with Crippen molar-refractivity contribution < 1.29 is 14.6 Å². The number of methoxy groups -OCH3 is 1. The van der Waals surface area contributed by atoms with Crippen molar-refractivity contribution in [1.82, 2.24) is 10.3 Å². The highest BCUT2D eigenvalue weighted by Gasteiger charge is 2.46. The maximum Gasteiger partial charge on any atom is 0.322 e. The van der Waals surface area contributed by atoms with Gasteiger partial charge in [0.25, 0.3) is 0 Å². The highest BCUT2D eigenvalue weighted by atomic mass is 32.2. The van der Waals surface area contributed by atoms with Gasteiger partial charge in [0.15, 0.2) is 0 Å². The molecular formula is C16H18N2O3S2. The Kier molecular flexibility index (Phi) is 4.35. The van der Waals surface area contributed by atoms with Crippen LogP contribution in [0.3, 0.4) is 0 Å². The largest absolute Gasteiger partial charge is 0.496 e. The minimum atomic E-state index is -0.827. The third-order valence-corrected chi connectivity index (χ3v) is 6.49. The number of carboxylic acid groups (broad SMARTS) is 1. The Bertz CT molecular complexity index is 730. The molecule has 122 valence electrons. The lowest BCUT2D eigenvalue weighted by Crippen LogP contribution is -2.43. The number of benzene rings is 1. The number of carboxylic acids is 1. The van der Waals surface area contributed by atoms with Crippen molar-refractivity contribution in [2.45, 2.75) is 30.0 Å². The molecule has 1 saturated heterocycles. The average Bonchev–Trinajstić information content (AvgIpc) is 3.11. The maximum atomic E-state index is 11.4. The Balaban J connectivity index is 1.87. The van der Waals surface area contributed by atoms with Crippen molar-refractivity contribution in [3.63, 3.8) is 0 Å². The molecule has 7 heteroatoms. The van der Waals surface area contributed by atoms with E-state index in [4.69, 9.17) is 4.74 Å². The third kappa shape index (κ3) is 3.08. The van der Waals surface area contributed by atoms with Crippen molar-refractivity contribution in [3.8, 4) is 16.2 Å². The van der Waals surface area contributed by atoms with Crippen LogP contribution in [0.5, 0.6) is 5.75 Å². The number of aliphatic carboxylic acids is 1. The molecule has 1 aromatic carbocycles. The second-order valence-corrected chi connectivity index (χ2v) is 8.62. The molecule has 0 saturated carbocycles. The molecule has 23 heavy (non-hydrogen) atoms. The second kappa shape index (κ2) is 6.14. The summed E-state index contributed by atoms with van der Waals surface area (Å²) < 4.78 is 5.01. The molecular weight excluding hydrogens is 332 g/mol. The van der Waals surface area contributed by atoms with Crippen molar-refractivity contribution in [3.05, 3.63) is 35.5 Å². The lowest BCUT2D eigenvalue weighted by Gasteiger charge is -2.20. The Morgan fingerprint density at radius 1 is 1.39 bits per heavy atom. The molecule has 0 amide bonds. The summed E-state index contributed by atoms with van der Waals surface area (Å²) in [6, 6.07) is 7.22. The van der Waals surface area contributed by atoms with Gasteiger partial charge in [-0.25, -0.2) is 4.98 Å². The van der Waals surface area contributed by atoms with E-state index in [9.17, 15) is 9.90 Å². The molecule has 0 aliphatic carbocycles. The third-order valence-electron chi connectivity index (χ3n) is 3.80.